The third-order valence-electron chi connectivity index (χ3n) is 6.03. The maximum atomic E-state index is 13.8. The molecule has 0 radical (unpaired) electrons. The molecule has 144 valence electrons. The van der Waals surface area contributed by atoms with Crippen molar-refractivity contribution < 1.29 is 9.18 Å². The number of carbonyl (C=O) groups excluding carboxylic acids is 1. The Morgan fingerprint density at radius 1 is 1.15 bits per heavy atom. The lowest BCUT2D eigenvalue weighted by Crippen LogP contribution is -2.46. The van der Waals surface area contributed by atoms with Crippen LogP contribution < -0.4 is 5.32 Å². The SMILES string of the molecule is O=C(NCCc1nc2c(s1)CCCC2)C1(c2cccc(F)c2)CCCCC1. The molecule has 1 amide bonds. The van der Waals surface area contributed by atoms with Crippen LogP contribution in [-0.4, -0.2) is 17.4 Å². The van der Waals surface area contributed by atoms with Crippen molar-refractivity contribution in [3.8, 4) is 0 Å². The van der Waals surface area contributed by atoms with Crippen LogP contribution >= 0.6 is 11.3 Å². The van der Waals surface area contributed by atoms with Gasteiger partial charge in [0, 0.05) is 17.8 Å². The summed E-state index contributed by atoms with van der Waals surface area (Å²) in [6.45, 7) is 0.599. The molecule has 2 aromatic rings. The Morgan fingerprint density at radius 2 is 1.96 bits per heavy atom. The first-order valence-corrected chi connectivity index (χ1v) is 11.0. The van der Waals surface area contributed by atoms with E-state index in [1.54, 1.807) is 12.1 Å². The summed E-state index contributed by atoms with van der Waals surface area (Å²) in [5, 5.41) is 4.28. The van der Waals surface area contributed by atoms with E-state index >= 15 is 0 Å². The average molecular weight is 387 g/mol. The fourth-order valence-corrected chi connectivity index (χ4v) is 5.71. The molecular weight excluding hydrogens is 359 g/mol. The van der Waals surface area contributed by atoms with Gasteiger partial charge in [0.1, 0.15) is 5.82 Å². The van der Waals surface area contributed by atoms with Gasteiger partial charge in [0.05, 0.1) is 16.1 Å². The smallest absolute Gasteiger partial charge is 0.230 e. The van der Waals surface area contributed by atoms with Crippen molar-refractivity contribution in [2.75, 3.05) is 6.54 Å². The fraction of sp³-hybridized carbons (Fsp3) is 0.545. The minimum Gasteiger partial charge on any atom is -0.355 e. The normalized spacial score (nSPS) is 18.7. The van der Waals surface area contributed by atoms with Gasteiger partial charge in [-0.25, -0.2) is 9.37 Å². The monoisotopic (exact) mass is 386 g/mol. The number of benzene rings is 1. The molecule has 0 unspecified atom stereocenters. The molecule has 1 N–H and O–H groups in total. The summed E-state index contributed by atoms with van der Waals surface area (Å²) in [4.78, 5) is 19.4. The van der Waals surface area contributed by atoms with Crippen molar-refractivity contribution >= 4 is 17.2 Å². The maximum Gasteiger partial charge on any atom is 0.230 e. The number of aromatic nitrogens is 1. The van der Waals surface area contributed by atoms with Gasteiger partial charge in [-0.2, -0.15) is 0 Å². The number of hydrogen-bond acceptors (Lipinski definition) is 3. The highest BCUT2D eigenvalue weighted by molar-refractivity contribution is 7.11. The Kier molecular flexibility index (Phi) is 5.58. The maximum absolute atomic E-state index is 13.8. The van der Waals surface area contributed by atoms with Crippen molar-refractivity contribution in [1.29, 1.82) is 0 Å². The Morgan fingerprint density at radius 3 is 2.74 bits per heavy atom. The first-order valence-electron chi connectivity index (χ1n) is 10.2. The molecule has 0 atom stereocenters. The quantitative estimate of drug-likeness (QED) is 0.808. The minimum atomic E-state index is -0.581. The molecule has 1 fully saturated rings. The summed E-state index contributed by atoms with van der Waals surface area (Å²) in [5.41, 5.74) is 1.52. The number of nitrogens with one attached hydrogen (secondary N) is 1. The second-order valence-electron chi connectivity index (χ2n) is 7.84. The van der Waals surface area contributed by atoms with E-state index in [-0.39, 0.29) is 11.7 Å². The highest BCUT2D eigenvalue weighted by atomic mass is 32.1. The van der Waals surface area contributed by atoms with Crippen LogP contribution in [0.3, 0.4) is 0 Å². The van der Waals surface area contributed by atoms with Gasteiger partial charge in [0.25, 0.3) is 0 Å². The van der Waals surface area contributed by atoms with Crippen molar-refractivity contribution in [3.05, 3.63) is 51.2 Å². The van der Waals surface area contributed by atoms with Crippen LogP contribution in [0.4, 0.5) is 4.39 Å². The van der Waals surface area contributed by atoms with Gasteiger partial charge in [-0.3, -0.25) is 4.79 Å². The zero-order valence-electron chi connectivity index (χ0n) is 15.7. The van der Waals surface area contributed by atoms with E-state index in [0.29, 0.717) is 6.54 Å². The summed E-state index contributed by atoms with van der Waals surface area (Å²) in [6.07, 6.45) is 10.3. The van der Waals surface area contributed by atoms with Crippen molar-refractivity contribution in [3.63, 3.8) is 0 Å². The van der Waals surface area contributed by atoms with Gasteiger partial charge in [-0.1, -0.05) is 31.4 Å². The van der Waals surface area contributed by atoms with E-state index in [1.807, 2.05) is 17.4 Å². The zero-order chi connectivity index (χ0) is 18.7. The van der Waals surface area contributed by atoms with E-state index in [4.69, 9.17) is 4.98 Å². The van der Waals surface area contributed by atoms with E-state index in [0.717, 1.165) is 61.9 Å². The van der Waals surface area contributed by atoms with Gasteiger partial charge in [0.2, 0.25) is 5.91 Å². The average Bonchev–Trinajstić information content (AvgIpc) is 3.11. The molecule has 0 bridgehead atoms. The van der Waals surface area contributed by atoms with Gasteiger partial charge >= 0.3 is 0 Å². The largest absolute Gasteiger partial charge is 0.355 e. The van der Waals surface area contributed by atoms with Crippen LogP contribution in [0.15, 0.2) is 24.3 Å². The lowest BCUT2D eigenvalue weighted by atomic mass is 9.68. The first kappa shape index (κ1) is 18.6. The number of aryl methyl sites for hydroxylation is 2. The van der Waals surface area contributed by atoms with Gasteiger partial charge in [0.15, 0.2) is 0 Å². The third kappa shape index (κ3) is 3.93. The van der Waals surface area contributed by atoms with E-state index in [1.165, 1.54) is 29.5 Å². The summed E-state index contributed by atoms with van der Waals surface area (Å²) in [7, 11) is 0. The van der Waals surface area contributed by atoms with E-state index in [9.17, 15) is 9.18 Å². The fourth-order valence-electron chi connectivity index (χ4n) is 4.55. The second-order valence-corrected chi connectivity index (χ2v) is 9.01. The number of hydrogen-bond donors (Lipinski definition) is 1. The lowest BCUT2D eigenvalue weighted by Gasteiger charge is -2.36. The molecule has 0 spiro atoms. The van der Waals surface area contributed by atoms with Crippen LogP contribution in [0.1, 0.15) is 66.1 Å². The molecule has 1 heterocycles. The molecule has 3 nitrogen and oxygen atoms in total. The van der Waals surface area contributed by atoms with Gasteiger partial charge in [-0.15, -0.1) is 11.3 Å². The van der Waals surface area contributed by atoms with Crippen molar-refractivity contribution in [2.45, 2.75) is 69.6 Å². The Labute approximate surface area is 164 Å². The molecule has 1 aromatic heterocycles. The van der Waals surface area contributed by atoms with E-state index in [2.05, 4.69) is 5.32 Å². The van der Waals surface area contributed by atoms with Crippen LogP contribution in [-0.2, 0) is 29.5 Å². The zero-order valence-corrected chi connectivity index (χ0v) is 16.5. The number of rotatable bonds is 5. The Hall–Kier alpha value is -1.75. The molecule has 0 saturated heterocycles. The molecule has 0 aliphatic heterocycles. The van der Waals surface area contributed by atoms with Crippen molar-refractivity contribution in [2.24, 2.45) is 0 Å². The molecule has 2 aliphatic carbocycles. The summed E-state index contributed by atoms with van der Waals surface area (Å²) >= 11 is 1.81. The van der Waals surface area contributed by atoms with E-state index < -0.39 is 5.41 Å². The minimum absolute atomic E-state index is 0.0501. The predicted molar refractivity (Wildman–Crippen MR) is 107 cm³/mol. The summed E-state index contributed by atoms with van der Waals surface area (Å²) < 4.78 is 13.8. The number of thiazole rings is 1. The van der Waals surface area contributed by atoms with Crippen LogP contribution in [0.2, 0.25) is 0 Å². The summed E-state index contributed by atoms with van der Waals surface area (Å²) in [6, 6.07) is 6.61. The third-order valence-corrected chi connectivity index (χ3v) is 7.25. The molecule has 1 aromatic carbocycles. The molecule has 2 aliphatic rings. The van der Waals surface area contributed by atoms with Crippen molar-refractivity contribution in [1.82, 2.24) is 10.3 Å². The topological polar surface area (TPSA) is 42.0 Å². The number of halogens is 1. The van der Waals surface area contributed by atoms with Crippen LogP contribution in [0, 0.1) is 5.82 Å². The highest BCUT2D eigenvalue weighted by Crippen LogP contribution is 2.40. The Balaban J connectivity index is 1.43. The Bertz CT molecular complexity index is 787. The molecule has 5 heteroatoms. The highest BCUT2D eigenvalue weighted by Gasteiger charge is 2.41. The molecule has 4 rings (SSSR count). The number of nitrogens with zero attached hydrogens (tertiary/aromatic N) is 1. The number of carbonyl (C=O) groups is 1. The van der Waals surface area contributed by atoms with Crippen LogP contribution in [0.25, 0.3) is 0 Å². The molecule has 27 heavy (non-hydrogen) atoms. The van der Waals surface area contributed by atoms with Gasteiger partial charge < -0.3 is 5.32 Å². The number of amides is 1. The number of fused-ring (bicyclic) bond motifs is 1. The standard InChI is InChI=1S/C22H27FN2OS/c23-17-8-6-7-16(15-17)22(12-4-1-5-13-22)21(26)24-14-11-20-25-18-9-2-3-10-19(18)27-20/h6-8,15H,1-5,9-14H2,(H,24,26). The van der Waals surface area contributed by atoms with Gasteiger partial charge in [-0.05, 0) is 56.2 Å². The first-order chi connectivity index (χ1) is 13.2. The second kappa shape index (κ2) is 8.09. The molecular formula is C22H27FN2OS. The van der Waals surface area contributed by atoms with Crippen LogP contribution in [0.5, 0.6) is 0 Å². The predicted octanol–water partition coefficient (Wildman–Crippen LogP) is 4.72. The lowest BCUT2D eigenvalue weighted by molar-refractivity contribution is -0.128. The summed E-state index contributed by atoms with van der Waals surface area (Å²) in [5.74, 6) is -0.215. The molecule has 1 saturated carbocycles.